The van der Waals surface area contributed by atoms with E-state index in [1.807, 2.05) is 54.6 Å². The number of amides is 2. The Balaban J connectivity index is 1.42. The van der Waals surface area contributed by atoms with E-state index in [9.17, 15) is 9.59 Å². The van der Waals surface area contributed by atoms with Crippen molar-refractivity contribution in [3.8, 4) is 0 Å². The van der Waals surface area contributed by atoms with Gasteiger partial charge in [0.1, 0.15) is 6.04 Å². The van der Waals surface area contributed by atoms with Crippen LogP contribution in [0.15, 0.2) is 54.6 Å². The second kappa shape index (κ2) is 9.23. The molecule has 0 aliphatic carbocycles. The summed E-state index contributed by atoms with van der Waals surface area (Å²) >= 11 is 0. The topological polar surface area (TPSA) is 52.7 Å². The highest BCUT2D eigenvalue weighted by atomic mass is 16.2. The van der Waals surface area contributed by atoms with Gasteiger partial charge in [-0.05, 0) is 56.1 Å². The first-order chi connectivity index (χ1) is 14.2. The molecule has 1 fully saturated rings. The SMILES string of the molecule is O=C(NCCCN1CCCC1)[C@H](Cc1ccccc1)N1Cc2ccccc2C1=O. The predicted molar refractivity (Wildman–Crippen MR) is 114 cm³/mol. The fourth-order valence-corrected chi connectivity index (χ4v) is 4.35. The molecular formula is C24H29N3O2. The second-order valence-corrected chi connectivity index (χ2v) is 7.99. The standard InChI is InChI=1S/C24H29N3O2/c28-23(25-13-8-16-26-14-6-7-15-26)22(17-19-9-2-1-3-10-19)27-18-20-11-4-5-12-21(20)24(27)29/h1-5,9-12,22H,6-8,13-18H2,(H,25,28)/t22-/m0/s1. The average molecular weight is 392 g/mol. The maximum Gasteiger partial charge on any atom is 0.255 e. The van der Waals surface area contributed by atoms with Crippen LogP contribution >= 0.6 is 0 Å². The molecule has 2 aliphatic rings. The van der Waals surface area contributed by atoms with Gasteiger partial charge in [-0.1, -0.05) is 48.5 Å². The molecule has 29 heavy (non-hydrogen) atoms. The molecule has 2 aliphatic heterocycles. The van der Waals surface area contributed by atoms with Crippen LogP contribution in [0.4, 0.5) is 0 Å². The molecule has 0 saturated carbocycles. The molecule has 5 nitrogen and oxygen atoms in total. The van der Waals surface area contributed by atoms with Crippen LogP contribution in [0.25, 0.3) is 0 Å². The number of likely N-dealkylation sites (tertiary alicyclic amines) is 1. The molecule has 1 atom stereocenters. The smallest absolute Gasteiger partial charge is 0.255 e. The summed E-state index contributed by atoms with van der Waals surface area (Å²) < 4.78 is 0. The maximum absolute atomic E-state index is 13.1. The van der Waals surface area contributed by atoms with E-state index in [1.54, 1.807) is 4.90 Å². The molecule has 2 aromatic carbocycles. The lowest BCUT2D eigenvalue weighted by atomic mass is 10.0. The summed E-state index contributed by atoms with van der Waals surface area (Å²) in [5, 5.41) is 3.09. The maximum atomic E-state index is 13.1. The first-order valence-electron chi connectivity index (χ1n) is 10.7. The van der Waals surface area contributed by atoms with E-state index in [1.165, 1.54) is 25.9 Å². The van der Waals surface area contributed by atoms with Crippen molar-refractivity contribution < 1.29 is 9.59 Å². The molecule has 2 aromatic rings. The Morgan fingerprint density at radius 2 is 1.72 bits per heavy atom. The third-order valence-corrected chi connectivity index (χ3v) is 5.95. The molecule has 2 heterocycles. The molecular weight excluding hydrogens is 362 g/mol. The zero-order valence-electron chi connectivity index (χ0n) is 16.8. The molecule has 0 bridgehead atoms. The Labute approximate surface area is 172 Å². The number of carbonyl (C=O) groups excluding carboxylic acids is 2. The molecule has 4 rings (SSSR count). The van der Waals surface area contributed by atoms with E-state index >= 15 is 0 Å². The van der Waals surface area contributed by atoms with E-state index in [2.05, 4.69) is 10.2 Å². The molecule has 1 N–H and O–H groups in total. The second-order valence-electron chi connectivity index (χ2n) is 7.99. The minimum absolute atomic E-state index is 0.0475. The lowest BCUT2D eigenvalue weighted by Crippen LogP contribution is -2.48. The summed E-state index contributed by atoms with van der Waals surface area (Å²) in [5.41, 5.74) is 2.78. The Morgan fingerprint density at radius 1 is 1.00 bits per heavy atom. The minimum atomic E-state index is -0.496. The van der Waals surface area contributed by atoms with Gasteiger partial charge >= 0.3 is 0 Å². The van der Waals surface area contributed by atoms with Crippen molar-refractivity contribution in [1.29, 1.82) is 0 Å². The quantitative estimate of drug-likeness (QED) is 0.704. The summed E-state index contributed by atoms with van der Waals surface area (Å²) in [5.74, 6) is -0.106. The van der Waals surface area contributed by atoms with Gasteiger partial charge in [0.25, 0.3) is 5.91 Å². The number of nitrogens with one attached hydrogen (secondary N) is 1. The van der Waals surface area contributed by atoms with Crippen molar-refractivity contribution in [3.05, 3.63) is 71.3 Å². The molecule has 1 saturated heterocycles. The number of hydrogen-bond acceptors (Lipinski definition) is 3. The zero-order valence-corrected chi connectivity index (χ0v) is 16.8. The number of rotatable bonds is 8. The van der Waals surface area contributed by atoms with Gasteiger partial charge < -0.3 is 15.1 Å². The van der Waals surface area contributed by atoms with Crippen molar-refractivity contribution in [2.45, 2.75) is 38.3 Å². The number of carbonyl (C=O) groups is 2. The van der Waals surface area contributed by atoms with Crippen molar-refractivity contribution >= 4 is 11.8 Å². The highest BCUT2D eigenvalue weighted by Gasteiger charge is 2.36. The summed E-state index contributed by atoms with van der Waals surface area (Å²) in [6, 6.07) is 17.1. The van der Waals surface area contributed by atoms with Gasteiger partial charge in [0.2, 0.25) is 5.91 Å². The molecule has 0 unspecified atom stereocenters. The van der Waals surface area contributed by atoms with Crippen LogP contribution in [0.3, 0.4) is 0 Å². The molecule has 0 spiro atoms. The van der Waals surface area contributed by atoms with Crippen LogP contribution in [0, 0.1) is 0 Å². The molecule has 152 valence electrons. The predicted octanol–water partition coefficient (Wildman–Crippen LogP) is 2.86. The summed E-state index contributed by atoms with van der Waals surface area (Å²) in [4.78, 5) is 30.3. The van der Waals surface area contributed by atoms with Gasteiger partial charge in [-0.25, -0.2) is 0 Å². The van der Waals surface area contributed by atoms with Crippen LogP contribution in [0.1, 0.15) is 40.7 Å². The lowest BCUT2D eigenvalue weighted by molar-refractivity contribution is -0.125. The Hall–Kier alpha value is -2.66. The minimum Gasteiger partial charge on any atom is -0.354 e. The van der Waals surface area contributed by atoms with Gasteiger partial charge in [-0.3, -0.25) is 9.59 Å². The number of fused-ring (bicyclic) bond motifs is 1. The summed E-state index contributed by atoms with van der Waals surface area (Å²) in [6.45, 7) is 4.51. The number of benzene rings is 2. The third kappa shape index (κ3) is 4.67. The van der Waals surface area contributed by atoms with Crippen LogP contribution < -0.4 is 5.32 Å². The lowest BCUT2D eigenvalue weighted by Gasteiger charge is -2.27. The highest BCUT2D eigenvalue weighted by molar-refractivity contribution is 6.01. The Morgan fingerprint density at radius 3 is 2.48 bits per heavy atom. The van der Waals surface area contributed by atoms with Crippen molar-refractivity contribution in [3.63, 3.8) is 0 Å². The van der Waals surface area contributed by atoms with Gasteiger partial charge in [0, 0.05) is 25.1 Å². The van der Waals surface area contributed by atoms with Gasteiger partial charge in [-0.15, -0.1) is 0 Å². The van der Waals surface area contributed by atoms with Crippen molar-refractivity contribution in [2.75, 3.05) is 26.2 Å². The van der Waals surface area contributed by atoms with E-state index in [0.29, 0.717) is 25.1 Å². The first-order valence-corrected chi connectivity index (χ1v) is 10.7. The van der Waals surface area contributed by atoms with Crippen molar-refractivity contribution in [2.24, 2.45) is 0 Å². The number of hydrogen-bond donors (Lipinski definition) is 1. The fraction of sp³-hybridized carbons (Fsp3) is 0.417. The van der Waals surface area contributed by atoms with Gasteiger partial charge in [0.05, 0.1) is 0 Å². The van der Waals surface area contributed by atoms with E-state index in [-0.39, 0.29) is 11.8 Å². The van der Waals surface area contributed by atoms with Gasteiger partial charge in [-0.2, -0.15) is 0 Å². The van der Waals surface area contributed by atoms with Crippen LogP contribution in [0.5, 0.6) is 0 Å². The first kappa shape index (κ1) is 19.6. The Bertz CT molecular complexity index is 846. The normalized spacial score (nSPS) is 17.4. The average Bonchev–Trinajstić information content (AvgIpc) is 3.38. The van der Waals surface area contributed by atoms with Crippen molar-refractivity contribution in [1.82, 2.24) is 15.1 Å². The molecule has 0 aromatic heterocycles. The molecule has 0 radical (unpaired) electrons. The fourth-order valence-electron chi connectivity index (χ4n) is 4.35. The monoisotopic (exact) mass is 391 g/mol. The summed E-state index contributed by atoms with van der Waals surface area (Å²) in [7, 11) is 0. The summed E-state index contributed by atoms with van der Waals surface area (Å²) in [6.07, 6.45) is 4.03. The molecule has 2 amide bonds. The van der Waals surface area contributed by atoms with Crippen LogP contribution in [0.2, 0.25) is 0 Å². The third-order valence-electron chi connectivity index (χ3n) is 5.95. The van der Waals surface area contributed by atoms with E-state index in [4.69, 9.17) is 0 Å². The van der Waals surface area contributed by atoms with Crippen LogP contribution in [-0.2, 0) is 17.8 Å². The highest BCUT2D eigenvalue weighted by Crippen LogP contribution is 2.26. The van der Waals surface area contributed by atoms with Crippen LogP contribution in [-0.4, -0.2) is 53.8 Å². The van der Waals surface area contributed by atoms with Gasteiger partial charge in [0.15, 0.2) is 0 Å². The molecule has 5 heteroatoms. The number of nitrogens with zero attached hydrogens (tertiary/aromatic N) is 2. The van der Waals surface area contributed by atoms with E-state index < -0.39 is 6.04 Å². The zero-order chi connectivity index (χ0) is 20.1. The largest absolute Gasteiger partial charge is 0.354 e. The Kier molecular flexibility index (Phi) is 6.25. The van der Waals surface area contributed by atoms with E-state index in [0.717, 1.165) is 24.1 Å².